The zero-order valence-electron chi connectivity index (χ0n) is 14.2. The summed E-state index contributed by atoms with van der Waals surface area (Å²) in [4.78, 5) is 23.7. The van der Waals surface area contributed by atoms with Crippen LogP contribution in [0.4, 0.5) is 0 Å². The Morgan fingerprint density at radius 2 is 1.96 bits per heavy atom. The van der Waals surface area contributed by atoms with Gasteiger partial charge < -0.3 is 14.6 Å². The van der Waals surface area contributed by atoms with Crippen molar-refractivity contribution >= 4 is 11.6 Å². The number of hydrogen-bond acceptors (Lipinski definition) is 4. The van der Waals surface area contributed by atoms with Crippen molar-refractivity contribution in [2.24, 2.45) is 0 Å². The molecule has 4 rings (SSSR count). The van der Waals surface area contributed by atoms with Gasteiger partial charge in [0.25, 0.3) is 5.91 Å². The molecule has 1 aliphatic heterocycles. The van der Waals surface area contributed by atoms with Gasteiger partial charge in [0.05, 0.1) is 6.04 Å². The van der Waals surface area contributed by atoms with E-state index in [0.717, 1.165) is 25.1 Å². The van der Waals surface area contributed by atoms with E-state index in [-0.39, 0.29) is 11.9 Å². The maximum atomic E-state index is 13.2. The summed E-state index contributed by atoms with van der Waals surface area (Å²) in [6.45, 7) is 4.33. The molecule has 1 N–H and O–H groups in total. The quantitative estimate of drug-likeness (QED) is 0.796. The molecule has 0 radical (unpaired) electrons. The molecular formula is C19H21N5O. The predicted octanol–water partition coefficient (Wildman–Crippen LogP) is 2.08. The molecule has 1 unspecified atom stereocenters. The third kappa shape index (κ3) is 2.89. The Balaban J connectivity index is 1.68. The normalized spacial score (nSPS) is 17.8. The smallest absolute Gasteiger partial charge is 0.276 e. The Morgan fingerprint density at radius 1 is 1.20 bits per heavy atom. The van der Waals surface area contributed by atoms with E-state index in [4.69, 9.17) is 0 Å². The van der Waals surface area contributed by atoms with Crippen LogP contribution in [0, 0.1) is 0 Å². The topological polar surface area (TPSA) is 62.5 Å². The number of rotatable bonds is 3. The molecular weight excluding hydrogens is 314 g/mol. The Bertz CT molecular complexity index is 886. The van der Waals surface area contributed by atoms with Crippen molar-refractivity contribution < 1.29 is 4.79 Å². The molecule has 0 spiro atoms. The number of nitrogens with zero attached hydrogens (tertiary/aromatic N) is 4. The molecule has 0 saturated carbocycles. The van der Waals surface area contributed by atoms with E-state index in [0.29, 0.717) is 17.9 Å². The zero-order valence-corrected chi connectivity index (χ0v) is 14.2. The van der Waals surface area contributed by atoms with Gasteiger partial charge in [-0.2, -0.15) is 0 Å². The zero-order chi connectivity index (χ0) is 17.2. The third-order valence-corrected chi connectivity index (χ3v) is 4.79. The molecule has 1 aromatic carbocycles. The average molecular weight is 335 g/mol. The largest absolute Gasteiger partial charge is 0.328 e. The number of benzene rings is 1. The second-order valence-corrected chi connectivity index (χ2v) is 6.25. The highest BCUT2D eigenvalue weighted by Crippen LogP contribution is 2.25. The second-order valence-electron chi connectivity index (χ2n) is 6.25. The maximum Gasteiger partial charge on any atom is 0.276 e. The molecule has 1 aliphatic rings. The molecule has 128 valence electrons. The molecule has 1 amide bonds. The molecule has 2 aromatic heterocycles. The van der Waals surface area contributed by atoms with Crippen molar-refractivity contribution in [2.75, 3.05) is 19.6 Å². The van der Waals surface area contributed by atoms with Crippen LogP contribution in [-0.4, -0.2) is 44.8 Å². The highest BCUT2D eigenvalue weighted by atomic mass is 16.2. The van der Waals surface area contributed by atoms with Crippen molar-refractivity contribution in [2.45, 2.75) is 19.4 Å². The summed E-state index contributed by atoms with van der Waals surface area (Å²) in [5.41, 5.74) is 3.46. The van der Waals surface area contributed by atoms with Gasteiger partial charge >= 0.3 is 0 Å². The van der Waals surface area contributed by atoms with Gasteiger partial charge in [0, 0.05) is 44.4 Å². The van der Waals surface area contributed by atoms with Crippen molar-refractivity contribution in [3.63, 3.8) is 0 Å². The number of imidazole rings is 1. The lowest BCUT2D eigenvalue weighted by atomic mass is 10.0. The van der Waals surface area contributed by atoms with Gasteiger partial charge in [0.15, 0.2) is 11.3 Å². The molecule has 3 heterocycles. The number of amides is 1. The van der Waals surface area contributed by atoms with Crippen LogP contribution in [0.25, 0.3) is 5.65 Å². The standard InChI is InChI=1S/C19H21N5O/c1-2-14-3-5-15(6-4-14)16-13-20-7-12-24(16)19(25)17-18-22-9-11-23(18)10-8-21-17/h3-6,8-11,16,20H,2,7,12-13H2,1H3. The molecule has 0 aliphatic carbocycles. The number of piperazine rings is 1. The summed E-state index contributed by atoms with van der Waals surface area (Å²) in [6.07, 6.45) is 7.98. The van der Waals surface area contributed by atoms with Crippen molar-refractivity contribution in [3.05, 3.63) is 65.9 Å². The lowest BCUT2D eigenvalue weighted by Gasteiger charge is -2.36. The highest BCUT2D eigenvalue weighted by Gasteiger charge is 2.30. The Hall–Kier alpha value is -2.73. The maximum absolute atomic E-state index is 13.2. The highest BCUT2D eigenvalue weighted by molar-refractivity contribution is 5.98. The number of fused-ring (bicyclic) bond motifs is 1. The van der Waals surface area contributed by atoms with Crippen molar-refractivity contribution in [1.82, 2.24) is 24.6 Å². The van der Waals surface area contributed by atoms with Gasteiger partial charge in [-0.25, -0.2) is 9.97 Å². The lowest BCUT2D eigenvalue weighted by Crippen LogP contribution is -2.49. The van der Waals surface area contributed by atoms with Crippen molar-refractivity contribution in [1.29, 1.82) is 0 Å². The molecule has 6 heteroatoms. The van der Waals surface area contributed by atoms with E-state index < -0.39 is 0 Å². The molecule has 1 fully saturated rings. The first-order valence-electron chi connectivity index (χ1n) is 8.66. The summed E-state index contributed by atoms with van der Waals surface area (Å²) in [7, 11) is 0. The van der Waals surface area contributed by atoms with E-state index in [1.54, 1.807) is 18.6 Å². The van der Waals surface area contributed by atoms with Crippen LogP contribution in [0.5, 0.6) is 0 Å². The summed E-state index contributed by atoms with van der Waals surface area (Å²) in [5.74, 6) is -0.0668. The summed E-state index contributed by atoms with van der Waals surface area (Å²) in [5, 5.41) is 3.40. The molecule has 6 nitrogen and oxygen atoms in total. The first kappa shape index (κ1) is 15.8. The van der Waals surface area contributed by atoms with Crippen LogP contribution in [-0.2, 0) is 6.42 Å². The number of carbonyl (C=O) groups is 1. The van der Waals surface area contributed by atoms with Gasteiger partial charge in [-0.1, -0.05) is 31.2 Å². The van der Waals surface area contributed by atoms with Gasteiger partial charge in [-0.15, -0.1) is 0 Å². The molecule has 25 heavy (non-hydrogen) atoms. The predicted molar refractivity (Wildman–Crippen MR) is 95.5 cm³/mol. The SMILES string of the molecule is CCc1ccc(C2CNCCN2C(=O)c2nccn3ccnc23)cc1. The minimum Gasteiger partial charge on any atom is -0.328 e. The van der Waals surface area contributed by atoms with E-state index in [1.807, 2.05) is 15.5 Å². The monoisotopic (exact) mass is 335 g/mol. The Kier molecular flexibility index (Phi) is 4.19. The number of nitrogens with one attached hydrogen (secondary N) is 1. The fraction of sp³-hybridized carbons (Fsp3) is 0.316. The van der Waals surface area contributed by atoms with Crippen LogP contribution >= 0.6 is 0 Å². The first-order chi connectivity index (χ1) is 12.3. The molecule has 3 aromatic rings. The summed E-state index contributed by atoms with van der Waals surface area (Å²) in [6, 6.07) is 8.53. The minimum absolute atomic E-state index is 0.00387. The summed E-state index contributed by atoms with van der Waals surface area (Å²) >= 11 is 0. The average Bonchev–Trinajstić information content (AvgIpc) is 3.16. The third-order valence-electron chi connectivity index (χ3n) is 4.79. The van der Waals surface area contributed by atoms with Gasteiger partial charge in [0.2, 0.25) is 0 Å². The first-order valence-corrected chi connectivity index (χ1v) is 8.66. The second kappa shape index (κ2) is 6.64. The number of aromatic nitrogens is 3. The van der Waals surface area contributed by atoms with Gasteiger partial charge in [0.1, 0.15) is 0 Å². The molecule has 1 saturated heterocycles. The lowest BCUT2D eigenvalue weighted by molar-refractivity contribution is 0.0629. The van der Waals surface area contributed by atoms with Crippen LogP contribution in [0.2, 0.25) is 0 Å². The van der Waals surface area contributed by atoms with E-state index in [1.165, 1.54) is 5.56 Å². The van der Waals surface area contributed by atoms with Crippen LogP contribution in [0.15, 0.2) is 49.1 Å². The summed E-state index contributed by atoms with van der Waals surface area (Å²) < 4.78 is 1.83. The molecule has 1 atom stereocenters. The van der Waals surface area contributed by atoms with Crippen molar-refractivity contribution in [3.8, 4) is 0 Å². The number of carbonyl (C=O) groups excluding carboxylic acids is 1. The molecule has 0 bridgehead atoms. The van der Waals surface area contributed by atoms with Crippen LogP contribution in [0.3, 0.4) is 0 Å². The Morgan fingerprint density at radius 3 is 2.72 bits per heavy atom. The van der Waals surface area contributed by atoms with E-state index >= 15 is 0 Å². The number of aryl methyl sites for hydroxylation is 1. The van der Waals surface area contributed by atoms with E-state index in [9.17, 15) is 4.79 Å². The van der Waals surface area contributed by atoms with Gasteiger partial charge in [-0.3, -0.25) is 4.79 Å². The fourth-order valence-electron chi connectivity index (χ4n) is 3.36. The number of hydrogen-bond donors (Lipinski definition) is 1. The van der Waals surface area contributed by atoms with Crippen LogP contribution in [0.1, 0.15) is 34.6 Å². The van der Waals surface area contributed by atoms with Crippen LogP contribution < -0.4 is 5.32 Å². The fourth-order valence-corrected chi connectivity index (χ4v) is 3.36. The minimum atomic E-state index is -0.0668. The Labute approximate surface area is 146 Å². The van der Waals surface area contributed by atoms with Gasteiger partial charge in [-0.05, 0) is 17.5 Å². The van der Waals surface area contributed by atoms with E-state index in [2.05, 4.69) is 46.5 Å².